The molecular weight excluding hydrogens is 546 g/mol. The monoisotopic (exact) mass is 599 g/mol. The van der Waals surface area contributed by atoms with Crippen LogP contribution in [0, 0.1) is 5.41 Å². The molecule has 0 saturated heterocycles. The highest BCUT2D eigenvalue weighted by atomic mass is 16.6. The van der Waals surface area contributed by atoms with E-state index >= 15 is 0 Å². The molecule has 240 valence electrons. The zero-order chi connectivity index (χ0) is 33.3. The molecule has 1 N–H and O–H groups in total. The van der Waals surface area contributed by atoms with Gasteiger partial charge >= 0.3 is 12.1 Å². The van der Waals surface area contributed by atoms with Crippen molar-refractivity contribution in [1.29, 1.82) is 0 Å². The standard InChI is InChI=1S/C34H53N3O6/c1-14-19-25(22-23(3)30(40)42-15-2)36(12)29(39)26(32(4,5)6)35-28(38)27(37(13)31(41)43-33(7,8)9)34(10,11)24-20-17-16-18-21-24/h14,16-18,20-22,25-27H,1,15,19H2,2-13H3,(H,35,38)/b23-22+/t25-,26+,27+/m0/s1. The highest BCUT2D eigenvalue weighted by Crippen LogP contribution is 2.32. The van der Waals surface area contributed by atoms with Crippen LogP contribution in [0.2, 0.25) is 0 Å². The third-order valence-corrected chi connectivity index (χ3v) is 7.21. The number of ether oxygens (including phenoxy) is 2. The molecule has 0 aromatic heterocycles. The van der Waals surface area contributed by atoms with E-state index < -0.39 is 52.5 Å². The molecule has 0 saturated carbocycles. The lowest BCUT2D eigenvalue weighted by molar-refractivity contribution is -0.141. The van der Waals surface area contributed by atoms with Gasteiger partial charge in [-0.15, -0.1) is 6.58 Å². The second-order valence-electron chi connectivity index (χ2n) is 13.5. The summed E-state index contributed by atoms with van der Waals surface area (Å²) >= 11 is 0. The van der Waals surface area contributed by atoms with E-state index in [0.717, 1.165) is 5.56 Å². The zero-order valence-corrected chi connectivity index (χ0v) is 28.2. The Morgan fingerprint density at radius 2 is 1.51 bits per heavy atom. The average molecular weight is 600 g/mol. The number of carbonyl (C=O) groups is 4. The Morgan fingerprint density at radius 3 is 1.98 bits per heavy atom. The zero-order valence-electron chi connectivity index (χ0n) is 28.2. The Morgan fingerprint density at radius 1 is 0.953 bits per heavy atom. The fourth-order valence-electron chi connectivity index (χ4n) is 4.80. The van der Waals surface area contributed by atoms with Crippen LogP contribution < -0.4 is 5.32 Å². The maximum absolute atomic E-state index is 14.3. The average Bonchev–Trinajstić information content (AvgIpc) is 2.89. The number of hydrogen-bond donors (Lipinski definition) is 1. The van der Waals surface area contributed by atoms with Crippen LogP contribution in [0.5, 0.6) is 0 Å². The van der Waals surface area contributed by atoms with Crippen LogP contribution in [0.15, 0.2) is 54.6 Å². The number of benzene rings is 1. The summed E-state index contributed by atoms with van der Waals surface area (Å²) in [4.78, 5) is 56.7. The number of likely N-dealkylation sites (N-methyl/N-ethyl adjacent to an activating group) is 2. The summed E-state index contributed by atoms with van der Waals surface area (Å²) in [6, 6.07) is 6.95. The van der Waals surface area contributed by atoms with E-state index in [2.05, 4.69) is 11.9 Å². The molecule has 0 unspecified atom stereocenters. The van der Waals surface area contributed by atoms with E-state index in [-0.39, 0.29) is 12.5 Å². The van der Waals surface area contributed by atoms with Crippen LogP contribution in [0.3, 0.4) is 0 Å². The largest absolute Gasteiger partial charge is 0.463 e. The van der Waals surface area contributed by atoms with Crippen LogP contribution in [0.25, 0.3) is 0 Å². The van der Waals surface area contributed by atoms with E-state index in [9.17, 15) is 19.2 Å². The smallest absolute Gasteiger partial charge is 0.410 e. The molecule has 1 rings (SSSR count). The van der Waals surface area contributed by atoms with Crippen molar-refractivity contribution in [3.05, 3.63) is 60.2 Å². The van der Waals surface area contributed by atoms with Crippen LogP contribution in [0.4, 0.5) is 4.79 Å². The number of carbonyl (C=O) groups excluding carboxylic acids is 4. The molecule has 43 heavy (non-hydrogen) atoms. The first-order chi connectivity index (χ1) is 19.7. The molecule has 1 aromatic carbocycles. The van der Waals surface area contributed by atoms with Gasteiger partial charge in [-0.3, -0.25) is 14.5 Å². The topological polar surface area (TPSA) is 105 Å². The number of amides is 3. The molecule has 0 heterocycles. The first-order valence-electron chi connectivity index (χ1n) is 14.7. The van der Waals surface area contributed by atoms with Crippen molar-refractivity contribution >= 4 is 23.9 Å². The lowest BCUT2D eigenvalue weighted by atomic mass is 9.76. The second kappa shape index (κ2) is 15.2. The van der Waals surface area contributed by atoms with Gasteiger partial charge in [0.2, 0.25) is 11.8 Å². The molecule has 3 amide bonds. The minimum absolute atomic E-state index is 0.237. The summed E-state index contributed by atoms with van der Waals surface area (Å²) in [5.41, 5.74) is -1.13. The van der Waals surface area contributed by atoms with E-state index in [0.29, 0.717) is 12.0 Å². The Kier molecular flexibility index (Phi) is 13.2. The molecule has 3 atom stereocenters. The lowest BCUT2D eigenvalue weighted by Crippen LogP contribution is -2.63. The SMILES string of the molecule is C=CC[C@@H](/C=C(\C)C(=O)OCC)N(C)C(=O)[C@@H](NC(=O)[C@@H](N(C)C(=O)OC(C)(C)C)C(C)(C)c1ccccc1)C(C)(C)C. The number of nitrogens with one attached hydrogen (secondary N) is 1. The third kappa shape index (κ3) is 10.6. The number of hydrogen-bond acceptors (Lipinski definition) is 6. The van der Waals surface area contributed by atoms with Gasteiger partial charge in [0, 0.05) is 25.1 Å². The quantitative estimate of drug-likeness (QED) is 0.189. The minimum Gasteiger partial charge on any atom is -0.463 e. The van der Waals surface area contributed by atoms with Gasteiger partial charge in [-0.05, 0) is 52.0 Å². The van der Waals surface area contributed by atoms with Crippen LogP contribution >= 0.6 is 0 Å². The summed E-state index contributed by atoms with van der Waals surface area (Å²) in [7, 11) is 3.17. The summed E-state index contributed by atoms with van der Waals surface area (Å²) in [5.74, 6) is -1.31. The molecule has 0 fully saturated rings. The van der Waals surface area contributed by atoms with Gasteiger partial charge in [-0.2, -0.15) is 0 Å². The van der Waals surface area contributed by atoms with E-state index in [4.69, 9.17) is 9.47 Å². The molecule has 1 aromatic rings. The molecule has 0 radical (unpaired) electrons. The molecule has 0 aliphatic heterocycles. The predicted octanol–water partition coefficient (Wildman–Crippen LogP) is 5.64. The fraction of sp³-hybridized carbons (Fsp3) is 0.588. The van der Waals surface area contributed by atoms with E-state index in [1.165, 1.54) is 16.8 Å². The van der Waals surface area contributed by atoms with Crippen molar-refractivity contribution in [1.82, 2.24) is 15.1 Å². The number of nitrogens with zero attached hydrogens (tertiary/aromatic N) is 2. The molecule has 0 spiro atoms. The summed E-state index contributed by atoms with van der Waals surface area (Å²) in [6.07, 6.45) is 3.08. The van der Waals surface area contributed by atoms with Crippen LogP contribution in [0.1, 0.15) is 81.2 Å². The highest BCUT2D eigenvalue weighted by molar-refractivity contribution is 5.93. The maximum Gasteiger partial charge on any atom is 0.410 e. The normalized spacial score (nSPS) is 14.6. The molecule has 9 heteroatoms. The third-order valence-electron chi connectivity index (χ3n) is 7.21. The van der Waals surface area contributed by atoms with Gasteiger partial charge in [-0.25, -0.2) is 9.59 Å². The number of esters is 1. The lowest BCUT2D eigenvalue weighted by Gasteiger charge is -2.42. The summed E-state index contributed by atoms with van der Waals surface area (Å²) in [5, 5.41) is 2.99. The highest BCUT2D eigenvalue weighted by Gasteiger charge is 2.45. The minimum atomic E-state index is -1.03. The van der Waals surface area contributed by atoms with Gasteiger partial charge < -0.3 is 19.7 Å². The molecule has 9 nitrogen and oxygen atoms in total. The molecular formula is C34H53N3O6. The van der Waals surface area contributed by atoms with Crippen LogP contribution in [-0.2, 0) is 29.3 Å². The molecule has 0 aliphatic rings. The van der Waals surface area contributed by atoms with Gasteiger partial charge in [-0.1, -0.05) is 77.1 Å². The Labute approximate surface area is 258 Å². The van der Waals surface area contributed by atoms with Crippen molar-refractivity contribution in [3.8, 4) is 0 Å². The number of rotatable bonds is 12. The van der Waals surface area contributed by atoms with Crippen molar-refractivity contribution in [2.75, 3.05) is 20.7 Å². The van der Waals surface area contributed by atoms with Crippen molar-refractivity contribution in [2.45, 2.75) is 105 Å². The van der Waals surface area contributed by atoms with E-state index in [1.54, 1.807) is 53.8 Å². The van der Waals surface area contributed by atoms with Gasteiger partial charge in [0.1, 0.15) is 17.7 Å². The van der Waals surface area contributed by atoms with Gasteiger partial charge in [0.05, 0.1) is 12.6 Å². The second-order valence-corrected chi connectivity index (χ2v) is 13.5. The van der Waals surface area contributed by atoms with Crippen molar-refractivity contribution in [2.24, 2.45) is 5.41 Å². The first kappa shape index (κ1) is 37.4. The summed E-state index contributed by atoms with van der Waals surface area (Å²) in [6.45, 7) is 22.1. The van der Waals surface area contributed by atoms with Crippen LogP contribution in [-0.4, -0.2) is 78.1 Å². The molecule has 0 aliphatic carbocycles. The Hall–Kier alpha value is -3.62. The van der Waals surface area contributed by atoms with Gasteiger partial charge in [0.25, 0.3) is 0 Å². The maximum atomic E-state index is 14.3. The summed E-state index contributed by atoms with van der Waals surface area (Å²) < 4.78 is 10.7. The van der Waals surface area contributed by atoms with Crippen molar-refractivity contribution in [3.63, 3.8) is 0 Å². The fourth-order valence-corrected chi connectivity index (χ4v) is 4.80. The Balaban J connectivity index is 3.56. The van der Waals surface area contributed by atoms with Crippen molar-refractivity contribution < 1.29 is 28.7 Å². The first-order valence-corrected chi connectivity index (χ1v) is 14.7. The predicted molar refractivity (Wildman–Crippen MR) is 170 cm³/mol. The molecule has 0 bridgehead atoms. The Bertz CT molecular complexity index is 1160. The van der Waals surface area contributed by atoms with E-state index in [1.807, 2.05) is 65.0 Å². The van der Waals surface area contributed by atoms with Gasteiger partial charge in [0.15, 0.2) is 0 Å².